The number of carbonyl (C=O) groups is 1. The highest BCUT2D eigenvalue weighted by atomic mass is 32.2. The van der Waals surface area contributed by atoms with Crippen LogP contribution in [0.25, 0.3) is 0 Å². The van der Waals surface area contributed by atoms with E-state index in [0.29, 0.717) is 17.6 Å². The molecule has 0 radical (unpaired) electrons. The number of amidine groups is 1. The van der Waals surface area contributed by atoms with Crippen molar-refractivity contribution in [3.63, 3.8) is 0 Å². The Morgan fingerprint density at radius 2 is 2.57 bits per heavy atom. The van der Waals surface area contributed by atoms with Crippen molar-refractivity contribution in [2.24, 2.45) is 10.9 Å². The largest absolute Gasteiger partial charge is 0.365 e. The molecule has 0 aromatic carbocycles. The molecule has 0 aromatic rings. The Morgan fingerprint density at radius 1 is 1.71 bits per heavy atom. The SMILES string of the molecule is CC1CN=C(NCC2CNC(=O)C2)S1. The third-order valence-corrected chi connectivity index (χ3v) is 3.46. The third kappa shape index (κ3) is 2.41. The zero-order valence-electron chi connectivity index (χ0n) is 8.25. The number of amides is 1. The summed E-state index contributed by atoms with van der Waals surface area (Å²) < 4.78 is 0. The molecule has 1 saturated heterocycles. The Bertz CT molecular complexity index is 267. The topological polar surface area (TPSA) is 53.5 Å². The van der Waals surface area contributed by atoms with Gasteiger partial charge in [-0.25, -0.2) is 0 Å². The van der Waals surface area contributed by atoms with Gasteiger partial charge in [-0.2, -0.15) is 0 Å². The van der Waals surface area contributed by atoms with Gasteiger partial charge in [0.2, 0.25) is 5.91 Å². The van der Waals surface area contributed by atoms with Crippen LogP contribution in [0.3, 0.4) is 0 Å². The summed E-state index contributed by atoms with van der Waals surface area (Å²) in [4.78, 5) is 15.3. The highest BCUT2D eigenvalue weighted by Gasteiger charge is 2.22. The molecule has 14 heavy (non-hydrogen) atoms. The van der Waals surface area contributed by atoms with E-state index >= 15 is 0 Å². The number of carbonyl (C=O) groups excluding carboxylic acids is 1. The maximum absolute atomic E-state index is 10.9. The number of hydrogen-bond acceptors (Lipinski definition) is 4. The summed E-state index contributed by atoms with van der Waals surface area (Å²) in [6.45, 7) is 4.75. The van der Waals surface area contributed by atoms with Gasteiger partial charge in [-0.15, -0.1) is 0 Å². The van der Waals surface area contributed by atoms with Gasteiger partial charge in [0.05, 0.1) is 6.54 Å². The lowest BCUT2D eigenvalue weighted by molar-refractivity contribution is -0.119. The van der Waals surface area contributed by atoms with Crippen molar-refractivity contribution in [3.8, 4) is 0 Å². The van der Waals surface area contributed by atoms with E-state index in [2.05, 4.69) is 22.5 Å². The standard InChI is InChI=1S/C9H15N3OS/c1-6-3-11-9(14-6)12-5-7-2-8(13)10-4-7/h6-7H,2-5H2,1H3,(H,10,13)(H,11,12). The van der Waals surface area contributed by atoms with Crippen LogP contribution in [-0.2, 0) is 4.79 Å². The van der Waals surface area contributed by atoms with Crippen molar-refractivity contribution >= 4 is 22.8 Å². The van der Waals surface area contributed by atoms with Crippen LogP contribution in [0.5, 0.6) is 0 Å². The Kier molecular flexibility index (Phi) is 2.96. The van der Waals surface area contributed by atoms with Gasteiger partial charge in [0.25, 0.3) is 0 Å². The molecule has 0 bridgehead atoms. The van der Waals surface area contributed by atoms with Crippen molar-refractivity contribution < 1.29 is 4.79 Å². The fourth-order valence-electron chi connectivity index (χ4n) is 1.61. The molecular weight excluding hydrogens is 198 g/mol. The number of rotatable bonds is 2. The first-order valence-electron chi connectivity index (χ1n) is 4.95. The van der Waals surface area contributed by atoms with E-state index < -0.39 is 0 Å². The van der Waals surface area contributed by atoms with Gasteiger partial charge in [-0.05, 0) is 0 Å². The van der Waals surface area contributed by atoms with Crippen LogP contribution in [0.1, 0.15) is 13.3 Å². The molecule has 2 aliphatic heterocycles. The molecule has 0 aromatic heterocycles. The van der Waals surface area contributed by atoms with Gasteiger partial charge in [-0.1, -0.05) is 18.7 Å². The average Bonchev–Trinajstić information content (AvgIpc) is 2.72. The molecule has 2 heterocycles. The van der Waals surface area contributed by atoms with Crippen molar-refractivity contribution in [2.45, 2.75) is 18.6 Å². The number of thioether (sulfide) groups is 1. The van der Waals surface area contributed by atoms with Gasteiger partial charge < -0.3 is 10.6 Å². The lowest BCUT2D eigenvalue weighted by Gasteiger charge is -2.09. The lowest BCUT2D eigenvalue weighted by atomic mass is 10.1. The predicted molar refractivity (Wildman–Crippen MR) is 58.5 cm³/mol. The maximum Gasteiger partial charge on any atom is 0.220 e. The van der Waals surface area contributed by atoms with Crippen LogP contribution in [0.4, 0.5) is 0 Å². The number of nitrogens with zero attached hydrogens (tertiary/aromatic N) is 1. The first-order chi connectivity index (χ1) is 6.74. The van der Waals surface area contributed by atoms with Gasteiger partial charge in [0, 0.05) is 30.7 Å². The minimum atomic E-state index is 0.172. The summed E-state index contributed by atoms with van der Waals surface area (Å²) >= 11 is 1.78. The zero-order valence-corrected chi connectivity index (χ0v) is 9.06. The number of aliphatic imine (C=N–C) groups is 1. The van der Waals surface area contributed by atoms with Crippen molar-refractivity contribution in [1.82, 2.24) is 10.6 Å². The summed E-state index contributed by atoms with van der Waals surface area (Å²) in [6.07, 6.45) is 0.653. The number of nitrogens with one attached hydrogen (secondary N) is 2. The highest BCUT2D eigenvalue weighted by Crippen LogP contribution is 2.18. The van der Waals surface area contributed by atoms with Crippen LogP contribution in [0.2, 0.25) is 0 Å². The monoisotopic (exact) mass is 213 g/mol. The first-order valence-corrected chi connectivity index (χ1v) is 5.83. The van der Waals surface area contributed by atoms with Gasteiger partial charge in [-0.3, -0.25) is 9.79 Å². The lowest BCUT2D eigenvalue weighted by Crippen LogP contribution is -2.27. The minimum absolute atomic E-state index is 0.172. The average molecular weight is 213 g/mol. The summed E-state index contributed by atoms with van der Waals surface area (Å²) in [7, 11) is 0. The Morgan fingerprint density at radius 3 is 3.14 bits per heavy atom. The van der Waals surface area contributed by atoms with Gasteiger partial charge in [0.1, 0.15) is 0 Å². The Balaban J connectivity index is 1.70. The van der Waals surface area contributed by atoms with E-state index in [-0.39, 0.29) is 5.91 Å². The molecule has 5 heteroatoms. The molecule has 2 unspecified atom stereocenters. The fraction of sp³-hybridized carbons (Fsp3) is 0.778. The van der Waals surface area contributed by atoms with E-state index in [1.807, 2.05) is 0 Å². The zero-order chi connectivity index (χ0) is 9.97. The van der Waals surface area contributed by atoms with Crippen LogP contribution < -0.4 is 10.6 Å². The summed E-state index contributed by atoms with van der Waals surface area (Å²) in [5.74, 6) is 0.605. The van der Waals surface area contributed by atoms with Crippen molar-refractivity contribution in [2.75, 3.05) is 19.6 Å². The van der Waals surface area contributed by atoms with Crippen LogP contribution in [0, 0.1) is 5.92 Å². The van der Waals surface area contributed by atoms with Crippen molar-refractivity contribution in [1.29, 1.82) is 0 Å². The molecular formula is C9H15N3OS. The maximum atomic E-state index is 10.9. The highest BCUT2D eigenvalue weighted by molar-refractivity contribution is 8.14. The summed E-state index contributed by atoms with van der Waals surface area (Å²) in [5.41, 5.74) is 0. The third-order valence-electron chi connectivity index (χ3n) is 2.41. The second kappa shape index (κ2) is 4.21. The molecule has 1 fully saturated rings. The molecule has 2 N–H and O–H groups in total. The second-order valence-corrected chi connectivity index (χ2v) is 5.26. The van der Waals surface area contributed by atoms with Crippen LogP contribution in [-0.4, -0.2) is 36.0 Å². The predicted octanol–water partition coefficient (Wildman–Crippen LogP) is 0.203. The van der Waals surface area contributed by atoms with Crippen molar-refractivity contribution in [3.05, 3.63) is 0 Å². The molecule has 0 spiro atoms. The molecule has 4 nitrogen and oxygen atoms in total. The van der Waals surface area contributed by atoms with E-state index in [1.54, 1.807) is 11.8 Å². The number of hydrogen-bond donors (Lipinski definition) is 2. The quantitative estimate of drug-likeness (QED) is 0.689. The molecule has 1 amide bonds. The van der Waals surface area contributed by atoms with Crippen LogP contribution >= 0.6 is 11.8 Å². The van der Waals surface area contributed by atoms with Gasteiger partial charge >= 0.3 is 0 Å². The normalized spacial score (nSPS) is 31.5. The Labute approximate surface area is 87.9 Å². The summed E-state index contributed by atoms with van der Waals surface area (Å²) in [5, 5.41) is 7.76. The molecule has 2 aliphatic rings. The molecule has 2 atom stereocenters. The Hall–Kier alpha value is -0.710. The van der Waals surface area contributed by atoms with E-state index in [9.17, 15) is 4.79 Å². The second-order valence-electron chi connectivity index (χ2n) is 3.83. The minimum Gasteiger partial charge on any atom is -0.365 e. The van der Waals surface area contributed by atoms with Crippen LogP contribution in [0.15, 0.2) is 4.99 Å². The summed E-state index contributed by atoms with van der Waals surface area (Å²) in [6, 6.07) is 0. The molecule has 2 rings (SSSR count). The molecule has 78 valence electrons. The van der Waals surface area contributed by atoms with Gasteiger partial charge in [0.15, 0.2) is 5.17 Å². The molecule has 0 saturated carbocycles. The van der Waals surface area contributed by atoms with E-state index in [1.165, 1.54) is 0 Å². The fourth-order valence-corrected chi connectivity index (χ4v) is 2.46. The van der Waals surface area contributed by atoms with E-state index in [0.717, 1.165) is 24.8 Å². The first kappa shape index (κ1) is 9.83. The van der Waals surface area contributed by atoms with E-state index in [4.69, 9.17) is 0 Å². The smallest absolute Gasteiger partial charge is 0.220 e. The molecule has 0 aliphatic carbocycles.